The fourth-order valence-corrected chi connectivity index (χ4v) is 0.171. The first kappa shape index (κ1) is 5.29. The lowest BCUT2D eigenvalue weighted by Crippen LogP contribution is -1.53. The van der Waals surface area contributed by atoms with Gasteiger partial charge in [-0.2, -0.15) is 5.26 Å². The van der Waals surface area contributed by atoms with Crippen molar-refractivity contribution in [2.75, 3.05) is 0 Å². The summed E-state index contributed by atoms with van der Waals surface area (Å²) in [5.41, 5.74) is 0. The fraction of sp³-hybridized carbons (Fsp3) is 0.250. The second kappa shape index (κ2) is 4.29. The monoisotopic (exact) mass is 79.1 g/mol. The quantitative estimate of drug-likeness (QED) is 0.323. The van der Waals surface area contributed by atoms with Crippen LogP contribution in [0.25, 0.3) is 0 Å². The van der Waals surface area contributed by atoms with Gasteiger partial charge >= 0.3 is 0 Å². The van der Waals surface area contributed by atoms with E-state index in [1.54, 1.807) is 0 Å². The second-order valence-electron chi connectivity index (χ2n) is 0.940. The third-order valence-corrected chi connectivity index (χ3v) is 0.428. The van der Waals surface area contributed by atoms with Crippen molar-refractivity contribution in [1.82, 2.24) is 0 Å². The van der Waals surface area contributed by atoms with Crippen molar-refractivity contribution in [3.63, 3.8) is 0 Å². The molecule has 0 aliphatic rings. The minimum atomic E-state index is 0.952. The smallest absolute Gasteiger partial charge is 0.106 e. The Balaban J connectivity index is 3.02. The Bertz CT molecular complexity index is 80.0. The summed E-state index contributed by atoms with van der Waals surface area (Å²) in [5.74, 6) is 0. The molecule has 0 radical (unpaired) electrons. The van der Waals surface area contributed by atoms with Gasteiger partial charge in [-0.3, -0.25) is 0 Å². The summed E-state index contributed by atoms with van der Waals surface area (Å²) in [6.45, 7) is 0. The third-order valence-electron chi connectivity index (χ3n) is 0.428. The first-order valence-corrected chi connectivity index (χ1v) is 1.96. The number of rotatable bonds is 1. The molecule has 0 saturated heterocycles. The summed E-state index contributed by atoms with van der Waals surface area (Å²) in [6.07, 6.45) is 4.26. The molecule has 0 amide bonds. The molecule has 0 bridgehead atoms. The second-order valence-corrected chi connectivity index (χ2v) is 0.940. The molecule has 0 unspecified atom stereocenters. The standard InChI is InChI=1S/C4H6BN/c5-3-1-2-4-6/h1-2H,3,5H2/b2-1-. The molecule has 0 aromatic rings. The van der Waals surface area contributed by atoms with Gasteiger partial charge in [-0.1, -0.05) is 12.4 Å². The molecule has 0 spiro atoms. The summed E-state index contributed by atoms with van der Waals surface area (Å²) in [7, 11) is 1.99. The Kier molecular flexibility index (Phi) is 3.79. The molecule has 0 N–H and O–H groups in total. The van der Waals surface area contributed by atoms with E-state index in [1.165, 1.54) is 6.08 Å². The van der Waals surface area contributed by atoms with Gasteiger partial charge in [0.25, 0.3) is 0 Å². The topological polar surface area (TPSA) is 23.8 Å². The van der Waals surface area contributed by atoms with Crippen molar-refractivity contribution in [3.05, 3.63) is 12.2 Å². The van der Waals surface area contributed by atoms with Gasteiger partial charge < -0.3 is 0 Å². The molecule has 0 saturated carbocycles. The van der Waals surface area contributed by atoms with Crippen molar-refractivity contribution in [3.8, 4) is 6.07 Å². The molecule has 2 heteroatoms. The normalized spacial score (nSPS) is 8.50. The molecular weight excluding hydrogens is 72.9 g/mol. The number of allylic oxidation sites excluding steroid dienone is 2. The average molecular weight is 78.9 g/mol. The highest BCUT2D eigenvalue weighted by atomic mass is 14.2. The van der Waals surface area contributed by atoms with Crippen LogP contribution < -0.4 is 0 Å². The predicted octanol–water partition coefficient (Wildman–Crippen LogP) is 0.118. The number of hydrogen-bond donors (Lipinski definition) is 0. The molecule has 1 nitrogen and oxygen atoms in total. The van der Waals surface area contributed by atoms with Crippen LogP contribution in [0.15, 0.2) is 12.2 Å². The van der Waals surface area contributed by atoms with Gasteiger partial charge in [0.15, 0.2) is 0 Å². The van der Waals surface area contributed by atoms with E-state index in [4.69, 9.17) is 5.26 Å². The molecule has 0 aromatic carbocycles. The molecule has 0 aliphatic carbocycles. The molecule has 30 valence electrons. The molecule has 0 fully saturated rings. The molecule has 0 aliphatic heterocycles. The average Bonchev–Trinajstić information content (AvgIpc) is 1.61. The van der Waals surface area contributed by atoms with Crippen molar-refractivity contribution in [2.24, 2.45) is 0 Å². The summed E-state index contributed by atoms with van der Waals surface area (Å²) < 4.78 is 0. The zero-order valence-corrected chi connectivity index (χ0v) is 3.81. The molecule has 6 heavy (non-hydrogen) atoms. The Morgan fingerprint density at radius 2 is 2.50 bits per heavy atom. The van der Waals surface area contributed by atoms with Crippen molar-refractivity contribution < 1.29 is 0 Å². The van der Waals surface area contributed by atoms with E-state index in [9.17, 15) is 0 Å². The van der Waals surface area contributed by atoms with Gasteiger partial charge in [-0.05, 0) is 0 Å². The van der Waals surface area contributed by atoms with Gasteiger partial charge in [-0.25, -0.2) is 0 Å². The van der Waals surface area contributed by atoms with E-state index in [0.717, 1.165) is 6.32 Å². The first-order valence-electron chi connectivity index (χ1n) is 1.96. The van der Waals surface area contributed by atoms with Crippen LogP contribution in [0, 0.1) is 11.3 Å². The van der Waals surface area contributed by atoms with E-state index < -0.39 is 0 Å². The fourth-order valence-electron chi connectivity index (χ4n) is 0.171. The third kappa shape index (κ3) is 3.29. The van der Waals surface area contributed by atoms with E-state index in [1.807, 2.05) is 20.0 Å². The SMILES string of the molecule is BC/C=C\C#N. The molecular formula is C4H6BN. The minimum absolute atomic E-state index is 0.952. The van der Waals surface area contributed by atoms with Crippen LogP contribution in [0.4, 0.5) is 0 Å². The van der Waals surface area contributed by atoms with Crippen LogP contribution in [0.3, 0.4) is 0 Å². The van der Waals surface area contributed by atoms with Crippen LogP contribution in [-0.4, -0.2) is 7.85 Å². The lowest BCUT2D eigenvalue weighted by atomic mass is 10.1. The van der Waals surface area contributed by atoms with Crippen LogP contribution in [0.5, 0.6) is 0 Å². The number of nitriles is 1. The largest absolute Gasteiger partial charge is 0.193 e. The number of nitrogens with zero attached hydrogens (tertiary/aromatic N) is 1. The summed E-state index contributed by atoms with van der Waals surface area (Å²) in [5, 5.41) is 7.86. The highest BCUT2D eigenvalue weighted by Gasteiger charge is 1.58. The summed E-state index contributed by atoms with van der Waals surface area (Å²) in [4.78, 5) is 0. The van der Waals surface area contributed by atoms with Crippen LogP contribution >= 0.6 is 0 Å². The minimum Gasteiger partial charge on any atom is -0.193 e. The first-order chi connectivity index (χ1) is 2.91. The molecule has 0 atom stereocenters. The van der Waals surface area contributed by atoms with Gasteiger partial charge in [-0.15, -0.1) is 0 Å². The predicted molar refractivity (Wildman–Crippen MR) is 28.1 cm³/mol. The van der Waals surface area contributed by atoms with Crippen molar-refractivity contribution >= 4 is 7.85 Å². The summed E-state index contributed by atoms with van der Waals surface area (Å²) in [6, 6.07) is 1.89. The highest BCUT2D eigenvalue weighted by molar-refractivity contribution is 6.09. The van der Waals surface area contributed by atoms with Crippen molar-refractivity contribution in [2.45, 2.75) is 6.32 Å². The zero-order valence-electron chi connectivity index (χ0n) is 3.81. The molecule has 0 rings (SSSR count). The van der Waals surface area contributed by atoms with Crippen LogP contribution in [-0.2, 0) is 0 Å². The van der Waals surface area contributed by atoms with Crippen LogP contribution in [0.1, 0.15) is 0 Å². The van der Waals surface area contributed by atoms with Gasteiger partial charge in [0.1, 0.15) is 7.85 Å². The Morgan fingerprint density at radius 3 is 2.67 bits per heavy atom. The van der Waals surface area contributed by atoms with Gasteiger partial charge in [0.2, 0.25) is 0 Å². The maximum absolute atomic E-state index is 7.86. The Hall–Kier alpha value is -0.705. The van der Waals surface area contributed by atoms with E-state index in [-0.39, 0.29) is 0 Å². The molecule has 0 aromatic heterocycles. The maximum Gasteiger partial charge on any atom is 0.106 e. The lowest BCUT2D eigenvalue weighted by Gasteiger charge is -1.62. The van der Waals surface area contributed by atoms with Crippen molar-refractivity contribution in [1.29, 1.82) is 5.26 Å². The lowest BCUT2D eigenvalue weighted by molar-refractivity contribution is 1.53. The molecule has 0 heterocycles. The van der Waals surface area contributed by atoms with Gasteiger partial charge in [0.05, 0.1) is 6.07 Å². The highest BCUT2D eigenvalue weighted by Crippen LogP contribution is 1.71. The van der Waals surface area contributed by atoms with E-state index in [0.29, 0.717) is 0 Å². The Morgan fingerprint density at radius 1 is 1.83 bits per heavy atom. The van der Waals surface area contributed by atoms with E-state index >= 15 is 0 Å². The maximum atomic E-state index is 7.86. The number of hydrogen-bond acceptors (Lipinski definition) is 1. The van der Waals surface area contributed by atoms with E-state index in [2.05, 4.69) is 0 Å². The summed E-state index contributed by atoms with van der Waals surface area (Å²) >= 11 is 0. The Labute approximate surface area is 38.7 Å². The van der Waals surface area contributed by atoms with Crippen LogP contribution in [0.2, 0.25) is 6.32 Å². The zero-order chi connectivity index (χ0) is 4.83. The van der Waals surface area contributed by atoms with Gasteiger partial charge in [0, 0.05) is 6.08 Å².